The molecule has 0 saturated heterocycles. The summed E-state index contributed by atoms with van der Waals surface area (Å²) in [5, 5.41) is 0. The molecule has 0 heterocycles. The van der Waals surface area contributed by atoms with Gasteiger partial charge in [-0.25, -0.2) is 13.2 Å². The summed E-state index contributed by atoms with van der Waals surface area (Å²) >= 11 is 0. The fraction of sp³-hybridized carbons (Fsp3) is 0.500. The van der Waals surface area contributed by atoms with Gasteiger partial charge < -0.3 is 0 Å². The van der Waals surface area contributed by atoms with Gasteiger partial charge in [-0.15, -0.1) is 0 Å². The topological polar surface area (TPSA) is 0 Å². The first-order chi connectivity index (χ1) is 7.06. The monoisotopic (exact) mass is 216 g/mol. The highest BCUT2D eigenvalue weighted by molar-refractivity contribution is 5.28. The average molecular weight is 216 g/mol. The van der Waals surface area contributed by atoms with E-state index >= 15 is 0 Å². The van der Waals surface area contributed by atoms with Gasteiger partial charge in [-0.05, 0) is 30.0 Å². The second kappa shape index (κ2) is 5.19. The van der Waals surface area contributed by atoms with Gasteiger partial charge in [-0.1, -0.05) is 26.3 Å². The summed E-state index contributed by atoms with van der Waals surface area (Å²) in [4.78, 5) is 0. The number of hydrogen-bond acceptors (Lipinski definition) is 0. The van der Waals surface area contributed by atoms with E-state index in [2.05, 4.69) is 0 Å². The Kier molecular flexibility index (Phi) is 4.18. The van der Waals surface area contributed by atoms with Crippen LogP contribution in [0.1, 0.15) is 50.2 Å². The standard InChI is InChI=1S/C12H15F3/c1-3-4-8(2)9-5-6-11(13)10(7-9)12(14)15/h5-8,12H,3-4H2,1-2H3. The Morgan fingerprint density at radius 2 is 1.93 bits per heavy atom. The second-order valence-electron chi connectivity index (χ2n) is 3.77. The van der Waals surface area contributed by atoms with Crippen molar-refractivity contribution in [2.24, 2.45) is 0 Å². The van der Waals surface area contributed by atoms with Crippen LogP contribution >= 0.6 is 0 Å². The van der Waals surface area contributed by atoms with Crippen molar-refractivity contribution in [3.63, 3.8) is 0 Å². The van der Waals surface area contributed by atoms with Crippen molar-refractivity contribution in [3.8, 4) is 0 Å². The van der Waals surface area contributed by atoms with Gasteiger partial charge in [0.1, 0.15) is 5.82 Å². The Balaban J connectivity index is 2.96. The Bertz CT molecular complexity index is 321. The maximum Gasteiger partial charge on any atom is 0.266 e. The van der Waals surface area contributed by atoms with E-state index < -0.39 is 17.8 Å². The van der Waals surface area contributed by atoms with Crippen molar-refractivity contribution in [1.82, 2.24) is 0 Å². The van der Waals surface area contributed by atoms with Gasteiger partial charge in [0.2, 0.25) is 0 Å². The Morgan fingerprint density at radius 1 is 1.27 bits per heavy atom. The van der Waals surface area contributed by atoms with Crippen LogP contribution in [0.2, 0.25) is 0 Å². The van der Waals surface area contributed by atoms with E-state index in [9.17, 15) is 13.2 Å². The average Bonchev–Trinajstić information content (AvgIpc) is 2.18. The summed E-state index contributed by atoms with van der Waals surface area (Å²) < 4.78 is 37.8. The van der Waals surface area contributed by atoms with Crippen LogP contribution in [0.15, 0.2) is 18.2 Å². The Morgan fingerprint density at radius 3 is 2.47 bits per heavy atom. The van der Waals surface area contributed by atoms with Crippen LogP contribution in [0.4, 0.5) is 13.2 Å². The molecule has 0 N–H and O–H groups in total. The summed E-state index contributed by atoms with van der Waals surface area (Å²) in [5.41, 5.74) is 0.295. The van der Waals surface area contributed by atoms with E-state index in [4.69, 9.17) is 0 Å². The maximum atomic E-state index is 13.0. The summed E-state index contributed by atoms with van der Waals surface area (Å²) in [5.74, 6) is -0.620. The molecule has 1 rings (SSSR count). The maximum absolute atomic E-state index is 13.0. The lowest BCUT2D eigenvalue weighted by atomic mass is 9.95. The third-order valence-electron chi connectivity index (χ3n) is 2.55. The molecule has 0 fully saturated rings. The number of benzene rings is 1. The van der Waals surface area contributed by atoms with Gasteiger partial charge >= 0.3 is 0 Å². The lowest BCUT2D eigenvalue weighted by Crippen LogP contribution is -1.97. The third-order valence-corrected chi connectivity index (χ3v) is 2.55. The Labute approximate surface area is 88.1 Å². The minimum absolute atomic E-state index is 0.202. The quantitative estimate of drug-likeness (QED) is 0.686. The van der Waals surface area contributed by atoms with Crippen molar-refractivity contribution in [3.05, 3.63) is 35.1 Å². The SMILES string of the molecule is CCCC(C)c1ccc(F)c(C(F)F)c1. The molecule has 15 heavy (non-hydrogen) atoms. The van der Waals surface area contributed by atoms with E-state index in [1.807, 2.05) is 13.8 Å². The molecule has 0 nitrogen and oxygen atoms in total. The molecule has 84 valence electrons. The molecule has 0 aromatic heterocycles. The molecule has 0 amide bonds. The third kappa shape index (κ3) is 2.98. The molecule has 0 aliphatic heterocycles. The van der Waals surface area contributed by atoms with Crippen molar-refractivity contribution >= 4 is 0 Å². The molecule has 0 aliphatic carbocycles. The van der Waals surface area contributed by atoms with Crippen LogP contribution in [-0.4, -0.2) is 0 Å². The van der Waals surface area contributed by atoms with Crippen molar-refractivity contribution < 1.29 is 13.2 Å². The highest BCUT2D eigenvalue weighted by Gasteiger charge is 2.15. The number of halogens is 3. The smallest absolute Gasteiger partial charge is 0.206 e. The fourth-order valence-electron chi connectivity index (χ4n) is 1.64. The molecule has 0 saturated carbocycles. The zero-order chi connectivity index (χ0) is 11.4. The van der Waals surface area contributed by atoms with Crippen LogP contribution in [0, 0.1) is 5.82 Å². The van der Waals surface area contributed by atoms with E-state index in [0.717, 1.165) is 24.5 Å². The van der Waals surface area contributed by atoms with E-state index in [-0.39, 0.29) is 5.92 Å². The van der Waals surface area contributed by atoms with Gasteiger partial charge in [0.15, 0.2) is 0 Å². The highest BCUT2D eigenvalue weighted by Crippen LogP contribution is 2.27. The molecule has 3 heteroatoms. The van der Waals surface area contributed by atoms with Crippen LogP contribution in [-0.2, 0) is 0 Å². The number of alkyl halides is 2. The molecule has 0 bridgehead atoms. The normalized spacial score (nSPS) is 13.2. The molecule has 0 radical (unpaired) electrons. The lowest BCUT2D eigenvalue weighted by molar-refractivity contribution is 0.146. The van der Waals surface area contributed by atoms with Crippen LogP contribution in [0.25, 0.3) is 0 Å². The van der Waals surface area contributed by atoms with Crippen molar-refractivity contribution in [1.29, 1.82) is 0 Å². The van der Waals surface area contributed by atoms with Gasteiger partial charge in [0, 0.05) is 0 Å². The lowest BCUT2D eigenvalue weighted by Gasteiger charge is -2.12. The van der Waals surface area contributed by atoms with Crippen LogP contribution < -0.4 is 0 Å². The van der Waals surface area contributed by atoms with E-state index in [1.54, 1.807) is 6.07 Å². The molecule has 0 spiro atoms. The zero-order valence-corrected chi connectivity index (χ0v) is 8.93. The molecular weight excluding hydrogens is 201 g/mol. The number of hydrogen-bond donors (Lipinski definition) is 0. The molecule has 1 unspecified atom stereocenters. The first kappa shape index (κ1) is 12.1. The van der Waals surface area contributed by atoms with Gasteiger partial charge in [-0.3, -0.25) is 0 Å². The summed E-state index contributed by atoms with van der Waals surface area (Å²) in [6.07, 6.45) is -0.824. The summed E-state index contributed by atoms with van der Waals surface area (Å²) in [6.45, 7) is 4.00. The first-order valence-corrected chi connectivity index (χ1v) is 5.13. The molecule has 0 aliphatic rings. The predicted molar refractivity (Wildman–Crippen MR) is 54.7 cm³/mol. The number of rotatable bonds is 4. The largest absolute Gasteiger partial charge is 0.266 e. The van der Waals surface area contributed by atoms with Gasteiger partial charge in [0.25, 0.3) is 6.43 Å². The van der Waals surface area contributed by atoms with Crippen molar-refractivity contribution in [2.45, 2.75) is 39.0 Å². The van der Waals surface area contributed by atoms with Crippen LogP contribution in [0.3, 0.4) is 0 Å². The van der Waals surface area contributed by atoms with E-state index in [1.165, 1.54) is 6.07 Å². The Hall–Kier alpha value is -0.990. The van der Waals surface area contributed by atoms with Gasteiger partial charge in [-0.2, -0.15) is 0 Å². The first-order valence-electron chi connectivity index (χ1n) is 5.13. The summed E-state index contributed by atoms with van der Waals surface area (Å²) in [7, 11) is 0. The minimum atomic E-state index is -2.74. The summed E-state index contributed by atoms with van der Waals surface area (Å²) in [6, 6.07) is 3.99. The van der Waals surface area contributed by atoms with Crippen molar-refractivity contribution in [2.75, 3.05) is 0 Å². The second-order valence-corrected chi connectivity index (χ2v) is 3.77. The van der Waals surface area contributed by atoms with E-state index in [0.29, 0.717) is 0 Å². The molecule has 1 atom stereocenters. The van der Waals surface area contributed by atoms with Crippen LogP contribution in [0.5, 0.6) is 0 Å². The highest BCUT2D eigenvalue weighted by atomic mass is 19.3. The molecule has 1 aromatic carbocycles. The molecule has 1 aromatic rings. The predicted octanol–water partition coefficient (Wildman–Crippen LogP) is 4.67. The zero-order valence-electron chi connectivity index (χ0n) is 8.93. The minimum Gasteiger partial charge on any atom is -0.206 e. The molecular formula is C12H15F3. The fourth-order valence-corrected chi connectivity index (χ4v) is 1.64. The van der Waals surface area contributed by atoms with Gasteiger partial charge in [0.05, 0.1) is 5.56 Å².